The van der Waals surface area contributed by atoms with Gasteiger partial charge in [0.1, 0.15) is 0 Å². The van der Waals surface area contributed by atoms with Crippen LogP contribution >= 0.6 is 0 Å². The molecule has 6 nitrogen and oxygen atoms in total. The van der Waals surface area contributed by atoms with Gasteiger partial charge in [-0.3, -0.25) is 9.59 Å². The Kier molecular flexibility index (Phi) is 3.34. The van der Waals surface area contributed by atoms with Gasteiger partial charge in [-0.1, -0.05) is 0 Å². The minimum atomic E-state index is -0.286. The average Bonchev–Trinajstić information content (AvgIpc) is 2.82. The second-order valence-corrected chi connectivity index (χ2v) is 3.52. The molecule has 0 saturated carbocycles. The summed E-state index contributed by atoms with van der Waals surface area (Å²) in [7, 11) is 0. The Morgan fingerprint density at radius 2 is 2.29 bits per heavy atom. The number of hydrogen-bond acceptors (Lipinski definition) is 3. The van der Waals surface area contributed by atoms with E-state index < -0.39 is 0 Å². The van der Waals surface area contributed by atoms with Gasteiger partial charge in [0.2, 0.25) is 5.56 Å². The predicted octanol–water partition coefficient (Wildman–Crippen LogP) is 0.0705. The van der Waals surface area contributed by atoms with Gasteiger partial charge in [0.15, 0.2) is 0 Å². The number of hydrogen-bond donors (Lipinski definition) is 3. The number of rotatable bonds is 4. The van der Waals surface area contributed by atoms with Crippen molar-refractivity contribution in [1.29, 1.82) is 0 Å². The third kappa shape index (κ3) is 3.04. The number of carbonyl (C=O) groups is 1. The lowest BCUT2D eigenvalue weighted by Crippen LogP contribution is -2.26. The maximum absolute atomic E-state index is 11.6. The highest BCUT2D eigenvalue weighted by molar-refractivity contribution is 5.93. The third-order valence-corrected chi connectivity index (χ3v) is 2.27. The second kappa shape index (κ2) is 5.11. The molecule has 2 aromatic heterocycles. The number of pyridine rings is 1. The molecule has 0 atom stereocenters. The highest BCUT2D eigenvalue weighted by atomic mass is 16.2. The maximum atomic E-state index is 11.6. The van der Waals surface area contributed by atoms with Crippen LogP contribution in [0.4, 0.5) is 0 Å². The molecule has 0 unspecified atom stereocenters. The van der Waals surface area contributed by atoms with Crippen LogP contribution in [0.15, 0.2) is 35.6 Å². The van der Waals surface area contributed by atoms with Gasteiger partial charge in [-0.2, -0.15) is 0 Å². The van der Waals surface area contributed by atoms with Crippen LogP contribution in [-0.4, -0.2) is 27.4 Å². The molecule has 1 amide bonds. The highest BCUT2D eigenvalue weighted by Gasteiger charge is 2.04. The predicted molar refractivity (Wildman–Crippen MR) is 61.7 cm³/mol. The number of nitrogens with zero attached hydrogens (tertiary/aromatic N) is 1. The molecule has 17 heavy (non-hydrogen) atoms. The van der Waals surface area contributed by atoms with E-state index in [4.69, 9.17) is 0 Å². The topological polar surface area (TPSA) is 90.6 Å². The average molecular weight is 232 g/mol. The fraction of sp³-hybridized carbons (Fsp3) is 0.182. The number of nitrogens with one attached hydrogen (secondary N) is 3. The van der Waals surface area contributed by atoms with Crippen LogP contribution in [0.25, 0.3) is 0 Å². The first-order valence-electron chi connectivity index (χ1n) is 5.20. The number of carbonyl (C=O) groups excluding carboxylic acids is 1. The first kappa shape index (κ1) is 11.1. The van der Waals surface area contributed by atoms with Gasteiger partial charge in [-0.15, -0.1) is 0 Å². The largest absolute Gasteiger partial charge is 0.352 e. The molecule has 0 aliphatic heterocycles. The van der Waals surface area contributed by atoms with Crippen molar-refractivity contribution in [3.05, 3.63) is 52.5 Å². The van der Waals surface area contributed by atoms with E-state index in [1.165, 1.54) is 12.3 Å². The molecule has 0 aliphatic carbocycles. The summed E-state index contributed by atoms with van der Waals surface area (Å²) in [6.45, 7) is 0.494. The van der Waals surface area contributed by atoms with E-state index in [9.17, 15) is 9.59 Å². The molecule has 2 heterocycles. The van der Waals surface area contributed by atoms with Crippen LogP contribution in [0.5, 0.6) is 0 Å². The first-order chi connectivity index (χ1) is 8.25. The van der Waals surface area contributed by atoms with E-state index in [1.54, 1.807) is 18.6 Å². The van der Waals surface area contributed by atoms with Crippen molar-refractivity contribution < 1.29 is 4.79 Å². The highest BCUT2D eigenvalue weighted by Crippen LogP contribution is 1.94. The smallest absolute Gasteiger partial charge is 0.251 e. The lowest BCUT2D eigenvalue weighted by molar-refractivity contribution is 0.0954. The lowest BCUT2D eigenvalue weighted by Gasteiger charge is -2.03. The first-order valence-corrected chi connectivity index (χ1v) is 5.20. The van der Waals surface area contributed by atoms with Crippen molar-refractivity contribution in [3.63, 3.8) is 0 Å². The van der Waals surface area contributed by atoms with Gasteiger partial charge in [0, 0.05) is 42.7 Å². The van der Waals surface area contributed by atoms with E-state index in [2.05, 4.69) is 20.3 Å². The van der Waals surface area contributed by atoms with Crippen molar-refractivity contribution in [2.45, 2.75) is 6.42 Å². The number of aromatic nitrogens is 3. The summed E-state index contributed by atoms with van der Waals surface area (Å²) in [5.41, 5.74) is 1.03. The summed E-state index contributed by atoms with van der Waals surface area (Å²) in [5, 5.41) is 2.72. The van der Waals surface area contributed by atoms with E-state index in [0.29, 0.717) is 18.5 Å². The van der Waals surface area contributed by atoms with Crippen LogP contribution < -0.4 is 10.9 Å². The summed E-state index contributed by atoms with van der Waals surface area (Å²) in [6, 6.07) is 2.83. The summed E-state index contributed by atoms with van der Waals surface area (Å²) in [6.07, 6.45) is 5.42. The normalized spacial score (nSPS) is 10.1. The second-order valence-electron chi connectivity index (χ2n) is 3.52. The monoisotopic (exact) mass is 232 g/mol. The van der Waals surface area contributed by atoms with Gasteiger partial charge in [-0.25, -0.2) is 4.98 Å². The lowest BCUT2D eigenvalue weighted by atomic mass is 10.2. The van der Waals surface area contributed by atoms with Crippen LogP contribution in [-0.2, 0) is 6.42 Å². The van der Waals surface area contributed by atoms with Gasteiger partial charge >= 0.3 is 0 Å². The molecule has 0 bridgehead atoms. The van der Waals surface area contributed by atoms with Crippen LogP contribution in [0.1, 0.15) is 16.1 Å². The van der Waals surface area contributed by atoms with Crippen molar-refractivity contribution in [1.82, 2.24) is 20.3 Å². The fourth-order valence-corrected chi connectivity index (χ4v) is 1.42. The Bertz CT molecular complexity index is 545. The Balaban J connectivity index is 1.87. The summed E-state index contributed by atoms with van der Waals surface area (Å²) in [5.74, 6) is -0.254. The molecule has 6 heteroatoms. The molecule has 2 aromatic rings. The van der Waals surface area contributed by atoms with Crippen molar-refractivity contribution in [3.8, 4) is 0 Å². The molecule has 0 aromatic carbocycles. The number of imidazole rings is 1. The SMILES string of the molecule is O=C(NCCc1cnc[nH]1)c1cc[nH]c(=O)c1. The Labute approximate surface area is 97.1 Å². The quantitative estimate of drug-likeness (QED) is 0.696. The summed E-state index contributed by atoms with van der Waals surface area (Å²) in [4.78, 5) is 31.9. The maximum Gasteiger partial charge on any atom is 0.251 e. The van der Waals surface area contributed by atoms with Crippen LogP contribution in [0.3, 0.4) is 0 Å². The Hall–Kier alpha value is -2.37. The molecule has 2 rings (SSSR count). The van der Waals surface area contributed by atoms with Crippen LogP contribution in [0, 0.1) is 0 Å². The minimum absolute atomic E-state index is 0.254. The third-order valence-electron chi connectivity index (χ3n) is 2.27. The molecular weight excluding hydrogens is 220 g/mol. The van der Waals surface area contributed by atoms with E-state index in [0.717, 1.165) is 5.69 Å². The molecule has 88 valence electrons. The van der Waals surface area contributed by atoms with Gasteiger partial charge < -0.3 is 15.3 Å². The zero-order valence-electron chi connectivity index (χ0n) is 9.06. The van der Waals surface area contributed by atoms with Gasteiger partial charge in [0.25, 0.3) is 5.91 Å². The summed E-state index contributed by atoms with van der Waals surface area (Å²) < 4.78 is 0. The molecular formula is C11H12N4O2. The van der Waals surface area contributed by atoms with E-state index >= 15 is 0 Å². The van der Waals surface area contributed by atoms with Crippen LogP contribution in [0.2, 0.25) is 0 Å². The molecule has 0 radical (unpaired) electrons. The molecule has 3 N–H and O–H groups in total. The number of H-pyrrole nitrogens is 2. The van der Waals surface area contributed by atoms with E-state index in [1.807, 2.05) is 0 Å². The number of amides is 1. The Morgan fingerprint density at radius 1 is 1.41 bits per heavy atom. The standard InChI is InChI=1S/C11H12N4O2/c16-10-5-8(1-3-13-10)11(17)14-4-2-9-6-12-7-15-9/h1,3,5-7H,2,4H2,(H,12,15)(H,13,16)(H,14,17). The zero-order chi connectivity index (χ0) is 12.1. The molecule has 0 spiro atoms. The minimum Gasteiger partial charge on any atom is -0.352 e. The Morgan fingerprint density at radius 3 is 3.00 bits per heavy atom. The zero-order valence-corrected chi connectivity index (χ0v) is 9.06. The van der Waals surface area contributed by atoms with E-state index in [-0.39, 0.29) is 11.5 Å². The molecule has 0 fully saturated rings. The van der Waals surface area contributed by atoms with Gasteiger partial charge in [0.05, 0.1) is 6.33 Å². The van der Waals surface area contributed by atoms with Crippen molar-refractivity contribution in [2.75, 3.05) is 6.54 Å². The molecule has 0 saturated heterocycles. The molecule has 0 aliphatic rings. The van der Waals surface area contributed by atoms with Crippen molar-refractivity contribution in [2.24, 2.45) is 0 Å². The fourth-order valence-electron chi connectivity index (χ4n) is 1.42. The van der Waals surface area contributed by atoms with Gasteiger partial charge in [-0.05, 0) is 6.07 Å². The number of aromatic amines is 2. The van der Waals surface area contributed by atoms with Crippen molar-refractivity contribution >= 4 is 5.91 Å². The summed E-state index contributed by atoms with van der Waals surface area (Å²) >= 11 is 0.